The molecule has 116 valence electrons. The van der Waals surface area contributed by atoms with Crippen molar-refractivity contribution in [3.05, 3.63) is 18.2 Å². The highest BCUT2D eigenvalue weighted by molar-refractivity contribution is 5.93. The zero-order chi connectivity index (χ0) is 15.1. The second kappa shape index (κ2) is 7.85. The van der Waals surface area contributed by atoms with Crippen LogP contribution in [0.25, 0.3) is 0 Å². The van der Waals surface area contributed by atoms with Gasteiger partial charge in [-0.15, -0.1) is 0 Å². The highest BCUT2D eigenvalue weighted by Gasteiger charge is 2.15. The Balaban J connectivity index is 1.83. The number of carbonyl (C=O) groups excluding carboxylic acids is 1. The summed E-state index contributed by atoms with van der Waals surface area (Å²) in [5.41, 5.74) is 0.598. The number of rotatable bonds is 7. The van der Waals surface area contributed by atoms with Gasteiger partial charge < -0.3 is 24.8 Å². The van der Waals surface area contributed by atoms with Crippen molar-refractivity contribution in [2.45, 2.75) is 18.9 Å². The molecule has 1 saturated heterocycles. The fraction of sp³-hybridized carbons (Fsp3) is 0.533. The Morgan fingerprint density at radius 1 is 1.38 bits per heavy atom. The summed E-state index contributed by atoms with van der Waals surface area (Å²) < 4.78 is 15.9. The molecule has 21 heavy (non-hydrogen) atoms. The van der Waals surface area contributed by atoms with Gasteiger partial charge in [0.1, 0.15) is 11.5 Å². The van der Waals surface area contributed by atoms with Crippen LogP contribution in [0.2, 0.25) is 0 Å². The molecule has 2 N–H and O–H groups in total. The number of nitrogens with one attached hydrogen (secondary N) is 2. The molecule has 0 bridgehead atoms. The van der Waals surface area contributed by atoms with Crippen molar-refractivity contribution in [2.75, 3.05) is 39.2 Å². The van der Waals surface area contributed by atoms with Gasteiger partial charge >= 0.3 is 0 Å². The molecule has 1 aromatic carbocycles. The Labute approximate surface area is 124 Å². The van der Waals surface area contributed by atoms with Crippen molar-refractivity contribution in [1.82, 2.24) is 5.32 Å². The number of carbonyl (C=O) groups is 1. The van der Waals surface area contributed by atoms with Crippen LogP contribution in [-0.2, 0) is 9.53 Å². The maximum Gasteiger partial charge on any atom is 0.238 e. The number of hydrogen-bond donors (Lipinski definition) is 2. The molecule has 0 saturated carbocycles. The van der Waals surface area contributed by atoms with Gasteiger partial charge in [0.2, 0.25) is 5.91 Å². The molecule has 1 atom stereocenters. The molecule has 0 spiro atoms. The van der Waals surface area contributed by atoms with Crippen LogP contribution in [0.3, 0.4) is 0 Å². The lowest BCUT2D eigenvalue weighted by molar-refractivity contribution is -0.115. The monoisotopic (exact) mass is 294 g/mol. The quantitative estimate of drug-likeness (QED) is 0.796. The fourth-order valence-electron chi connectivity index (χ4n) is 2.26. The lowest BCUT2D eigenvalue weighted by Crippen LogP contribution is -2.33. The highest BCUT2D eigenvalue weighted by Crippen LogP contribution is 2.28. The number of anilines is 1. The average molecular weight is 294 g/mol. The highest BCUT2D eigenvalue weighted by atomic mass is 16.5. The van der Waals surface area contributed by atoms with Crippen molar-refractivity contribution >= 4 is 11.6 Å². The number of ether oxygens (including phenoxy) is 3. The summed E-state index contributed by atoms with van der Waals surface area (Å²) >= 11 is 0. The van der Waals surface area contributed by atoms with E-state index in [4.69, 9.17) is 14.2 Å². The molecule has 1 unspecified atom stereocenters. The summed E-state index contributed by atoms with van der Waals surface area (Å²) in [5.74, 6) is 1.14. The molecule has 1 aliphatic heterocycles. The average Bonchev–Trinajstić information content (AvgIpc) is 3.00. The Bertz CT molecular complexity index is 473. The van der Waals surface area contributed by atoms with Crippen LogP contribution in [0.5, 0.6) is 11.5 Å². The summed E-state index contributed by atoms with van der Waals surface area (Å²) in [5, 5.41) is 5.92. The summed E-state index contributed by atoms with van der Waals surface area (Å²) in [6.07, 6.45) is 2.38. The fourth-order valence-corrected chi connectivity index (χ4v) is 2.26. The first kappa shape index (κ1) is 15.6. The van der Waals surface area contributed by atoms with Gasteiger partial charge in [0.25, 0.3) is 0 Å². The van der Waals surface area contributed by atoms with Crippen LogP contribution in [0, 0.1) is 0 Å². The van der Waals surface area contributed by atoms with Gasteiger partial charge in [-0.3, -0.25) is 4.79 Å². The predicted molar refractivity (Wildman–Crippen MR) is 80.0 cm³/mol. The van der Waals surface area contributed by atoms with Gasteiger partial charge in [-0.25, -0.2) is 0 Å². The van der Waals surface area contributed by atoms with E-state index in [-0.39, 0.29) is 18.6 Å². The van der Waals surface area contributed by atoms with Gasteiger partial charge in [-0.1, -0.05) is 0 Å². The molecule has 6 heteroatoms. The second-order valence-electron chi connectivity index (χ2n) is 4.88. The largest absolute Gasteiger partial charge is 0.497 e. The molecule has 1 heterocycles. The Morgan fingerprint density at radius 2 is 2.24 bits per heavy atom. The van der Waals surface area contributed by atoms with Crippen LogP contribution in [0.1, 0.15) is 12.8 Å². The first-order valence-corrected chi connectivity index (χ1v) is 7.07. The molecular weight excluding hydrogens is 272 g/mol. The Hall–Kier alpha value is -1.79. The summed E-state index contributed by atoms with van der Waals surface area (Å²) in [6, 6.07) is 5.27. The summed E-state index contributed by atoms with van der Waals surface area (Å²) in [6.45, 7) is 1.75. The van der Waals surface area contributed by atoms with Crippen LogP contribution in [-0.4, -0.2) is 45.9 Å². The van der Waals surface area contributed by atoms with Crippen molar-refractivity contribution < 1.29 is 19.0 Å². The predicted octanol–water partition coefficient (Wildman–Crippen LogP) is 1.41. The van der Waals surface area contributed by atoms with Crippen molar-refractivity contribution in [3.8, 4) is 11.5 Å². The lowest BCUT2D eigenvalue weighted by atomic mass is 10.2. The number of methoxy groups -OCH3 is 2. The van der Waals surface area contributed by atoms with Gasteiger partial charge in [-0.05, 0) is 25.0 Å². The van der Waals surface area contributed by atoms with E-state index in [2.05, 4.69) is 10.6 Å². The number of hydrogen-bond acceptors (Lipinski definition) is 5. The van der Waals surface area contributed by atoms with E-state index < -0.39 is 0 Å². The minimum Gasteiger partial charge on any atom is -0.497 e. The third kappa shape index (κ3) is 4.61. The third-order valence-corrected chi connectivity index (χ3v) is 3.36. The topological polar surface area (TPSA) is 68.8 Å². The molecular formula is C15H22N2O4. The Morgan fingerprint density at radius 3 is 2.90 bits per heavy atom. The lowest BCUT2D eigenvalue weighted by Gasteiger charge is -2.13. The molecule has 0 radical (unpaired) electrons. The zero-order valence-corrected chi connectivity index (χ0v) is 12.5. The van der Waals surface area contributed by atoms with Gasteiger partial charge in [0.15, 0.2) is 0 Å². The number of benzene rings is 1. The van der Waals surface area contributed by atoms with E-state index in [1.807, 2.05) is 0 Å². The van der Waals surface area contributed by atoms with Gasteiger partial charge in [0, 0.05) is 19.2 Å². The van der Waals surface area contributed by atoms with E-state index >= 15 is 0 Å². The second-order valence-corrected chi connectivity index (χ2v) is 4.88. The molecule has 6 nitrogen and oxygen atoms in total. The van der Waals surface area contributed by atoms with Crippen LogP contribution in [0.4, 0.5) is 5.69 Å². The molecule has 0 aromatic heterocycles. The first-order chi connectivity index (χ1) is 10.2. The van der Waals surface area contributed by atoms with Crippen LogP contribution in [0.15, 0.2) is 18.2 Å². The summed E-state index contributed by atoms with van der Waals surface area (Å²) in [7, 11) is 3.14. The minimum absolute atomic E-state index is 0.125. The molecule has 1 aromatic rings. The van der Waals surface area contributed by atoms with E-state index in [1.165, 1.54) is 0 Å². The first-order valence-electron chi connectivity index (χ1n) is 7.07. The maximum atomic E-state index is 11.9. The standard InChI is InChI=1S/C15H22N2O4/c1-19-11-5-6-14(20-2)13(8-11)17-15(18)10-16-9-12-4-3-7-21-12/h5-6,8,12,16H,3-4,7,9-10H2,1-2H3,(H,17,18). The summed E-state index contributed by atoms with van der Waals surface area (Å²) in [4.78, 5) is 11.9. The maximum absolute atomic E-state index is 11.9. The van der Waals surface area contributed by atoms with Crippen LogP contribution < -0.4 is 20.1 Å². The number of amides is 1. The smallest absolute Gasteiger partial charge is 0.238 e. The van der Waals surface area contributed by atoms with Gasteiger partial charge in [0.05, 0.1) is 32.6 Å². The van der Waals surface area contributed by atoms with Crippen LogP contribution >= 0.6 is 0 Å². The molecule has 0 aliphatic carbocycles. The van der Waals surface area contributed by atoms with Crippen molar-refractivity contribution in [2.24, 2.45) is 0 Å². The van der Waals surface area contributed by atoms with E-state index in [0.29, 0.717) is 23.7 Å². The molecule has 1 amide bonds. The van der Waals surface area contributed by atoms with E-state index in [0.717, 1.165) is 19.4 Å². The van der Waals surface area contributed by atoms with Gasteiger partial charge in [-0.2, -0.15) is 0 Å². The Kier molecular flexibility index (Phi) is 5.83. The molecule has 1 fully saturated rings. The molecule has 1 aliphatic rings. The normalized spacial score (nSPS) is 17.5. The van der Waals surface area contributed by atoms with Crippen molar-refractivity contribution in [3.63, 3.8) is 0 Å². The van der Waals surface area contributed by atoms with Crippen molar-refractivity contribution in [1.29, 1.82) is 0 Å². The van der Waals surface area contributed by atoms with E-state index in [1.54, 1.807) is 32.4 Å². The SMILES string of the molecule is COc1ccc(OC)c(NC(=O)CNCC2CCCO2)c1. The molecule has 2 rings (SSSR count). The third-order valence-electron chi connectivity index (χ3n) is 3.36. The van der Waals surface area contributed by atoms with E-state index in [9.17, 15) is 4.79 Å². The minimum atomic E-state index is -0.125. The zero-order valence-electron chi connectivity index (χ0n) is 12.5.